The summed E-state index contributed by atoms with van der Waals surface area (Å²) in [7, 11) is 0. The first-order chi connectivity index (χ1) is 14.6. The van der Waals surface area contributed by atoms with Crippen molar-refractivity contribution in [3.8, 4) is 0 Å². The molecule has 4 heterocycles. The Balaban J connectivity index is 1.45. The van der Waals surface area contributed by atoms with Crippen molar-refractivity contribution in [3.63, 3.8) is 0 Å². The minimum absolute atomic E-state index is 0.0245. The molecule has 0 saturated carbocycles. The van der Waals surface area contributed by atoms with Crippen LogP contribution >= 0.6 is 0 Å². The molecule has 0 aliphatic carbocycles. The zero-order valence-corrected chi connectivity index (χ0v) is 16.1. The molecule has 0 bridgehead atoms. The van der Waals surface area contributed by atoms with Gasteiger partial charge in [0.15, 0.2) is 5.76 Å². The Kier molecular flexibility index (Phi) is 4.58. The third-order valence-corrected chi connectivity index (χ3v) is 6.06. The molecule has 0 spiro atoms. The molecule has 30 heavy (non-hydrogen) atoms. The first-order valence-corrected chi connectivity index (χ1v) is 9.91. The Hall–Kier alpha value is -3.48. The van der Waals surface area contributed by atoms with Gasteiger partial charge in [0.05, 0.1) is 12.3 Å². The summed E-state index contributed by atoms with van der Waals surface area (Å²) in [5, 5.41) is 0. The van der Waals surface area contributed by atoms with Gasteiger partial charge < -0.3 is 14.2 Å². The fourth-order valence-corrected chi connectivity index (χ4v) is 4.76. The fourth-order valence-electron chi connectivity index (χ4n) is 4.76. The first kappa shape index (κ1) is 18.5. The number of furan rings is 1. The molecule has 2 aliphatic rings. The zero-order valence-electron chi connectivity index (χ0n) is 16.1. The maximum absolute atomic E-state index is 14.0. The topological polar surface area (TPSA) is 66.7 Å². The van der Waals surface area contributed by atoms with Crippen molar-refractivity contribution in [2.75, 3.05) is 19.6 Å². The van der Waals surface area contributed by atoms with Crippen molar-refractivity contribution in [2.24, 2.45) is 11.8 Å². The van der Waals surface area contributed by atoms with E-state index >= 15 is 0 Å². The second-order valence-corrected chi connectivity index (χ2v) is 7.80. The van der Waals surface area contributed by atoms with Crippen LogP contribution in [0.2, 0.25) is 0 Å². The molecule has 3 aromatic rings. The lowest BCUT2D eigenvalue weighted by Crippen LogP contribution is -2.37. The third-order valence-electron chi connectivity index (χ3n) is 6.06. The van der Waals surface area contributed by atoms with E-state index in [1.165, 1.54) is 18.4 Å². The van der Waals surface area contributed by atoms with Gasteiger partial charge in [0.25, 0.3) is 11.8 Å². The molecule has 2 aliphatic heterocycles. The fraction of sp³-hybridized carbons (Fsp3) is 0.261. The van der Waals surface area contributed by atoms with Gasteiger partial charge in [-0.2, -0.15) is 0 Å². The van der Waals surface area contributed by atoms with Crippen molar-refractivity contribution in [1.29, 1.82) is 0 Å². The quantitative estimate of drug-likeness (QED) is 0.670. The maximum atomic E-state index is 14.0. The van der Waals surface area contributed by atoms with Gasteiger partial charge in [0, 0.05) is 49.4 Å². The van der Waals surface area contributed by atoms with E-state index in [4.69, 9.17) is 4.42 Å². The van der Waals surface area contributed by atoms with Gasteiger partial charge in [0.1, 0.15) is 5.82 Å². The number of carbonyl (C=O) groups excluding carboxylic acids is 2. The second-order valence-electron chi connectivity index (χ2n) is 7.80. The normalized spacial score (nSPS) is 22.9. The predicted octanol–water partition coefficient (Wildman–Crippen LogP) is 3.40. The van der Waals surface area contributed by atoms with Crippen molar-refractivity contribution in [3.05, 3.63) is 89.9 Å². The average Bonchev–Trinajstić information content (AvgIpc) is 3.49. The summed E-state index contributed by atoms with van der Waals surface area (Å²) in [4.78, 5) is 33.6. The van der Waals surface area contributed by atoms with Crippen LogP contribution in [0.1, 0.15) is 32.5 Å². The SMILES string of the molecule is O=C(c1ccncc1)N1C[C@H]2CN(C(=O)c3ccco3)[C@@H](c3cccc(F)c3)[C@H]2C1. The van der Waals surface area contributed by atoms with Gasteiger partial charge in [0.2, 0.25) is 0 Å². The van der Waals surface area contributed by atoms with Crippen LogP contribution in [0.3, 0.4) is 0 Å². The molecule has 6 nitrogen and oxygen atoms in total. The molecular formula is C23H20FN3O3. The van der Waals surface area contributed by atoms with Crippen LogP contribution in [-0.2, 0) is 0 Å². The molecule has 5 rings (SSSR count). The van der Waals surface area contributed by atoms with Gasteiger partial charge in [-0.25, -0.2) is 4.39 Å². The Morgan fingerprint density at radius 2 is 1.83 bits per heavy atom. The van der Waals surface area contributed by atoms with E-state index in [2.05, 4.69) is 4.98 Å². The predicted molar refractivity (Wildman–Crippen MR) is 106 cm³/mol. The van der Waals surface area contributed by atoms with Crippen molar-refractivity contribution >= 4 is 11.8 Å². The zero-order chi connectivity index (χ0) is 20.7. The summed E-state index contributed by atoms with van der Waals surface area (Å²) in [6.07, 6.45) is 4.67. The van der Waals surface area contributed by atoms with Crippen LogP contribution in [0.5, 0.6) is 0 Å². The molecule has 2 aromatic heterocycles. The minimum Gasteiger partial charge on any atom is -0.459 e. The van der Waals surface area contributed by atoms with Crippen LogP contribution < -0.4 is 0 Å². The highest BCUT2D eigenvalue weighted by atomic mass is 19.1. The highest BCUT2D eigenvalue weighted by Crippen LogP contribution is 2.46. The number of fused-ring (bicyclic) bond motifs is 1. The molecule has 2 saturated heterocycles. The molecule has 0 radical (unpaired) electrons. The van der Waals surface area contributed by atoms with E-state index < -0.39 is 0 Å². The van der Waals surface area contributed by atoms with Crippen LogP contribution in [0.25, 0.3) is 0 Å². The van der Waals surface area contributed by atoms with E-state index in [9.17, 15) is 14.0 Å². The molecular weight excluding hydrogens is 385 g/mol. The van der Waals surface area contributed by atoms with E-state index in [0.717, 1.165) is 5.56 Å². The maximum Gasteiger partial charge on any atom is 0.290 e. The second kappa shape index (κ2) is 7.40. The summed E-state index contributed by atoms with van der Waals surface area (Å²) in [6.45, 7) is 1.56. The van der Waals surface area contributed by atoms with Crippen LogP contribution in [-0.4, -0.2) is 46.2 Å². The highest BCUT2D eigenvalue weighted by Gasteiger charge is 2.50. The van der Waals surface area contributed by atoms with E-state index in [0.29, 0.717) is 25.2 Å². The smallest absolute Gasteiger partial charge is 0.290 e. The molecule has 0 N–H and O–H groups in total. The number of hydrogen-bond acceptors (Lipinski definition) is 4. The number of nitrogens with zero attached hydrogens (tertiary/aromatic N) is 3. The lowest BCUT2D eigenvalue weighted by atomic mass is 9.89. The van der Waals surface area contributed by atoms with Gasteiger partial charge in [-0.05, 0) is 42.0 Å². The average molecular weight is 405 g/mol. The monoisotopic (exact) mass is 405 g/mol. The molecule has 0 unspecified atom stereocenters. The molecule has 152 valence electrons. The van der Waals surface area contributed by atoms with Crippen LogP contribution in [0.4, 0.5) is 4.39 Å². The Morgan fingerprint density at radius 3 is 2.57 bits per heavy atom. The number of aromatic nitrogens is 1. The number of benzene rings is 1. The minimum atomic E-state index is -0.343. The van der Waals surface area contributed by atoms with Gasteiger partial charge >= 0.3 is 0 Å². The summed E-state index contributed by atoms with van der Waals surface area (Å²) >= 11 is 0. The summed E-state index contributed by atoms with van der Waals surface area (Å²) < 4.78 is 19.3. The van der Waals surface area contributed by atoms with Crippen molar-refractivity contribution < 1.29 is 18.4 Å². The van der Waals surface area contributed by atoms with Gasteiger partial charge in [-0.15, -0.1) is 0 Å². The highest BCUT2D eigenvalue weighted by molar-refractivity contribution is 5.94. The largest absolute Gasteiger partial charge is 0.459 e. The first-order valence-electron chi connectivity index (χ1n) is 9.91. The summed E-state index contributed by atoms with van der Waals surface area (Å²) in [5.74, 6) is -0.200. The molecule has 1 aromatic carbocycles. The van der Waals surface area contributed by atoms with Crippen molar-refractivity contribution in [1.82, 2.24) is 14.8 Å². The van der Waals surface area contributed by atoms with Crippen LogP contribution in [0.15, 0.2) is 71.6 Å². The number of halogens is 1. The van der Waals surface area contributed by atoms with E-state index in [1.54, 1.807) is 47.6 Å². The number of pyridine rings is 1. The number of carbonyl (C=O) groups is 2. The molecule has 7 heteroatoms. The summed E-state index contributed by atoms with van der Waals surface area (Å²) in [5.41, 5.74) is 1.33. The van der Waals surface area contributed by atoms with Crippen molar-refractivity contribution in [2.45, 2.75) is 6.04 Å². The standard InChI is InChI=1S/C23H20FN3O3/c24-18-4-1-3-16(11-18)21-19-14-26(22(28)15-6-8-25-9-7-15)12-17(19)13-27(21)23(29)20-5-2-10-30-20/h1-11,17,19,21H,12-14H2/t17-,19-,21-/m0/s1. The molecule has 2 amide bonds. The van der Waals surface area contributed by atoms with Crippen LogP contribution in [0, 0.1) is 17.7 Å². The number of likely N-dealkylation sites (tertiary alicyclic amines) is 2. The number of hydrogen-bond donors (Lipinski definition) is 0. The molecule has 3 atom stereocenters. The lowest BCUT2D eigenvalue weighted by Gasteiger charge is -2.29. The van der Waals surface area contributed by atoms with E-state index in [1.807, 2.05) is 11.0 Å². The van der Waals surface area contributed by atoms with E-state index in [-0.39, 0.29) is 41.3 Å². The molecule has 2 fully saturated rings. The van der Waals surface area contributed by atoms with Gasteiger partial charge in [-0.1, -0.05) is 12.1 Å². The number of amides is 2. The Morgan fingerprint density at radius 1 is 1.00 bits per heavy atom. The van der Waals surface area contributed by atoms with Gasteiger partial charge in [-0.3, -0.25) is 14.6 Å². The number of rotatable bonds is 3. The Bertz CT molecular complexity index is 1070. The summed E-state index contributed by atoms with van der Waals surface area (Å²) in [6, 6.07) is 12.8. The Labute approximate surface area is 172 Å². The lowest BCUT2D eigenvalue weighted by molar-refractivity contribution is 0.0650. The third kappa shape index (κ3) is 3.16.